The predicted molar refractivity (Wildman–Crippen MR) is 94.7 cm³/mol. The van der Waals surface area contributed by atoms with Gasteiger partial charge in [-0.15, -0.1) is 0 Å². The second-order valence-corrected chi connectivity index (χ2v) is 5.59. The van der Waals surface area contributed by atoms with E-state index in [9.17, 15) is 5.11 Å². The monoisotopic (exact) mass is 343 g/mol. The predicted octanol–water partition coefficient (Wildman–Crippen LogP) is 1.78. The Hall–Kier alpha value is -3.10. The molecule has 0 saturated carbocycles. The number of nitrogens with zero attached hydrogens (tertiary/aromatic N) is 5. The average Bonchev–Trinajstić information content (AvgIpc) is 2.93. The second kappa shape index (κ2) is 7.20. The minimum absolute atomic E-state index is 0.169. The van der Waals surface area contributed by atoms with E-state index in [1.807, 2.05) is 6.07 Å². The van der Waals surface area contributed by atoms with Crippen molar-refractivity contribution in [1.29, 1.82) is 0 Å². The van der Waals surface area contributed by atoms with Crippen molar-refractivity contribution in [3.8, 4) is 11.9 Å². The van der Waals surface area contributed by atoms with Crippen LogP contribution in [0.2, 0.25) is 0 Å². The van der Waals surface area contributed by atoms with E-state index >= 15 is 0 Å². The van der Waals surface area contributed by atoms with Gasteiger partial charge in [-0.05, 0) is 12.0 Å². The molecular formula is C16H21N7O2. The van der Waals surface area contributed by atoms with Gasteiger partial charge in [0.05, 0.1) is 13.7 Å². The number of ether oxygens (including phenoxy) is 1. The first-order valence-electron chi connectivity index (χ1n) is 8.08. The molecule has 3 rings (SSSR count). The Morgan fingerprint density at radius 3 is 2.80 bits per heavy atom. The Labute approximate surface area is 144 Å². The molecule has 0 spiro atoms. The molecule has 0 radical (unpaired) electrons. The number of methoxy groups -OCH3 is 1. The molecule has 0 aliphatic heterocycles. The molecule has 0 aromatic carbocycles. The lowest BCUT2D eigenvalue weighted by Crippen LogP contribution is -2.08. The first kappa shape index (κ1) is 16.7. The quantitative estimate of drug-likeness (QED) is 0.555. The highest BCUT2D eigenvalue weighted by Crippen LogP contribution is 2.25. The van der Waals surface area contributed by atoms with Crippen molar-refractivity contribution in [2.45, 2.75) is 26.3 Å². The number of hydrogen-bond donors (Lipinski definition) is 3. The number of hydrogen-bond acceptors (Lipinski definition) is 8. The van der Waals surface area contributed by atoms with Gasteiger partial charge in [-0.2, -0.15) is 15.0 Å². The Morgan fingerprint density at radius 1 is 1.28 bits per heavy atom. The largest absolute Gasteiger partial charge is 0.481 e. The highest BCUT2D eigenvalue weighted by atomic mass is 16.5. The minimum atomic E-state index is -0.169. The molecule has 4 N–H and O–H groups in total. The van der Waals surface area contributed by atoms with Gasteiger partial charge >= 0.3 is 0 Å². The Balaban J connectivity index is 1.94. The average molecular weight is 343 g/mol. The third kappa shape index (κ3) is 3.54. The number of anilines is 2. The van der Waals surface area contributed by atoms with Gasteiger partial charge in [0, 0.05) is 18.8 Å². The molecule has 0 aliphatic rings. The Bertz CT molecular complexity index is 861. The zero-order valence-corrected chi connectivity index (χ0v) is 14.2. The lowest BCUT2D eigenvalue weighted by molar-refractivity contribution is 0.396. The standard InChI is InChI=1S/C16H21N7O2/c1-3-4-7-18-15-21-13(17)12-14(22-15)23(16(24)20-12)9-10-5-6-11(25-2)19-8-10/h5-6,8H,3-4,7,9H2,1-2H3,(H,20,24)(H3,17,18,21,22). The van der Waals surface area contributed by atoms with Crippen LogP contribution in [0.25, 0.3) is 11.2 Å². The van der Waals surface area contributed by atoms with E-state index in [1.165, 1.54) is 0 Å². The molecule has 0 aliphatic carbocycles. The zero-order valence-electron chi connectivity index (χ0n) is 14.2. The highest BCUT2D eigenvalue weighted by molar-refractivity contribution is 5.84. The maximum atomic E-state index is 10.2. The van der Waals surface area contributed by atoms with Gasteiger partial charge in [0.1, 0.15) is 0 Å². The fourth-order valence-electron chi connectivity index (χ4n) is 2.42. The SMILES string of the molecule is CCCCNc1nc(N)c2nc(O)n(Cc3ccc(OC)nc3)c2n1. The van der Waals surface area contributed by atoms with Gasteiger partial charge < -0.3 is 20.9 Å². The molecule has 0 amide bonds. The van der Waals surface area contributed by atoms with Gasteiger partial charge in [-0.1, -0.05) is 19.4 Å². The van der Waals surface area contributed by atoms with Gasteiger partial charge in [-0.3, -0.25) is 4.57 Å². The Morgan fingerprint density at radius 2 is 2.12 bits per heavy atom. The summed E-state index contributed by atoms with van der Waals surface area (Å²) >= 11 is 0. The van der Waals surface area contributed by atoms with Crippen LogP contribution in [0.15, 0.2) is 18.3 Å². The fraction of sp³-hybridized carbons (Fsp3) is 0.375. The molecule has 3 aromatic rings. The number of nitrogens with one attached hydrogen (secondary N) is 1. The van der Waals surface area contributed by atoms with Crippen LogP contribution in [0.5, 0.6) is 11.9 Å². The Kier molecular flexibility index (Phi) is 4.82. The molecule has 0 fully saturated rings. The van der Waals surface area contributed by atoms with Crippen LogP contribution in [0.1, 0.15) is 25.3 Å². The third-order valence-corrected chi connectivity index (χ3v) is 3.76. The van der Waals surface area contributed by atoms with Crippen LogP contribution in [-0.2, 0) is 6.54 Å². The molecule has 0 saturated heterocycles. The molecular weight excluding hydrogens is 322 g/mol. The summed E-state index contributed by atoms with van der Waals surface area (Å²) in [5, 5.41) is 13.3. The van der Waals surface area contributed by atoms with E-state index in [0.717, 1.165) is 24.9 Å². The van der Waals surface area contributed by atoms with Crippen molar-refractivity contribution in [3.05, 3.63) is 23.9 Å². The number of nitrogen functional groups attached to an aromatic ring is 1. The topological polar surface area (TPSA) is 124 Å². The van der Waals surface area contributed by atoms with Gasteiger partial charge in [0.25, 0.3) is 6.01 Å². The van der Waals surface area contributed by atoms with Crippen LogP contribution in [0, 0.1) is 0 Å². The number of fused-ring (bicyclic) bond motifs is 1. The lowest BCUT2D eigenvalue weighted by Gasteiger charge is -2.08. The van der Waals surface area contributed by atoms with Gasteiger partial charge in [0.2, 0.25) is 11.8 Å². The molecule has 3 heterocycles. The number of pyridine rings is 1. The molecule has 132 valence electrons. The first-order valence-corrected chi connectivity index (χ1v) is 8.08. The molecule has 3 aromatic heterocycles. The fourth-order valence-corrected chi connectivity index (χ4v) is 2.42. The molecule has 9 nitrogen and oxygen atoms in total. The summed E-state index contributed by atoms with van der Waals surface area (Å²) in [6.45, 7) is 3.21. The number of aromatic hydroxyl groups is 1. The molecule has 0 bridgehead atoms. The van der Waals surface area contributed by atoms with Crippen molar-refractivity contribution >= 4 is 22.9 Å². The maximum absolute atomic E-state index is 10.2. The summed E-state index contributed by atoms with van der Waals surface area (Å²) in [4.78, 5) is 16.9. The lowest BCUT2D eigenvalue weighted by atomic mass is 10.3. The number of aromatic nitrogens is 5. The summed E-state index contributed by atoms with van der Waals surface area (Å²) in [6, 6.07) is 3.45. The number of rotatable bonds is 7. The molecule has 0 atom stereocenters. The first-order chi connectivity index (χ1) is 12.1. The van der Waals surface area contributed by atoms with Crippen LogP contribution < -0.4 is 15.8 Å². The van der Waals surface area contributed by atoms with Gasteiger partial charge in [0.15, 0.2) is 17.0 Å². The maximum Gasteiger partial charge on any atom is 0.296 e. The van der Waals surface area contributed by atoms with E-state index in [0.29, 0.717) is 29.5 Å². The smallest absolute Gasteiger partial charge is 0.296 e. The minimum Gasteiger partial charge on any atom is -0.481 e. The van der Waals surface area contributed by atoms with Crippen LogP contribution >= 0.6 is 0 Å². The van der Waals surface area contributed by atoms with Gasteiger partial charge in [-0.25, -0.2) is 4.98 Å². The van der Waals surface area contributed by atoms with Crippen LogP contribution in [0.4, 0.5) is 11.8 Å². The number of unbranched alkanes of at least 4 members (excludes halogenated alkanes) is 1. The van der Waals surface area contributed by atoms with E-state index in [4.69, 9.17) is 10.5 Å². The van der Waals surface area contributed by atoms with Crippen LogP contribution in [-0.4, -0.2) is 43.3 Å². The third-order valence-electron chi connectivity index (χ3n) is 3.76. The van der Waals surface area contributed by atoms with Crippen molar-refractivity contribution in [3.63, 3.8) is 0 Å². The number of imidazole rings is 1. The summed E-state index contributed by atoms with van der Waals surface area (Å²) in [6.07, 6.45) is 3.74. The van der Waals surface area contributed by atoms with Crippen molar-refractivity contribution in [2.75, 3.05) is 24.7 Å². The normalized spacial score (nSPS) is 11.0. The van der Waals surface area contributed by atoms with Crippen molar-refractivity contribution in [2.24, 2.45) is 0 Å². The summed E-state index contributed by atoms with van der Waals surface area (Å²) in [5.74, 6) is 1.18. The summed E-state index contributed by atoms with van der Waals surface area (Å²) in [7, 11) is 1.56. The van der Waals surface area contributed by atoms with E-state index in [-0.39, 0.29) is 11.8 Å². The van der Waals surface area contributed by atoms with Crippen molar-refractivity contribution in [1.82, 2.24) is 24.5 Å². The van der Waals surface area contributed by atoms with Crippen LogP contribution in [0.3, 0.4) is 0 Å². The highest BCUT2D eigenvalue weighted by Gasteiger charge is 2.16. The van der Waals surface area contributed by atoms with E-state index in [2.05, 4.69) is 32.2 Å². The second-order valence-electron chi connectivity index (χ2n) is 5.59. The summed E-state index contributed by atoms with van der Waals surface area (Å²) < 4.78 is 6.62. The molecule has 9 heteroatoms. The molecule has 25 heavy (non-hydrogen) atoms. The molecule has 0 unspecified atom stereocenters. The van der Waals surface area contributed by atoms with Crippen molar-refractivity contribution < 1.29 is 9.84 Å². The summed E-state index contributed by atoms with van der Waals surface area (Å²) in [5.41, 5.74) is 7.68. The van der Waals surface area contributed by atoms with E-state index in [1.54, 1.807) is 23.9 Å². The number of nitrogens with two attached hydrogens (primary N) is 1. The van der Waals surface area contributed by atoms with E-state index < -0.39 is 0 Å². The zero-order chi connectivity index (χ0) is 17.8.